The van der Waals surface area contributed by atoms with Crippen LogP contribution in [-0.2, 0) is 6.54 Å². The first-order chi connectivity index (χ1) is 13.2. The van der Waals surface area contributed by atoms with Crippen molar-refractivity contribution in [2.45, 2.75) is 52.6 Å². The molecule has 0 aromatic heterocycles. The van der Waals surface area contributed by atoms with Gasteiger partial charge in [-0.05, 0) is 57.0 Å². The molecule has 1 heterocycles. The van der Waals surface area contributed by atoms with Gasteiger partial charge in [-0.2, -0.15) is 0 Å². The molecule has 1 saturated heterocycles. The van der Waals surface area contributed by atoms with Crippen LogP contribution in [0.5, 0.6) is 11.5 Å². The Balaban J connectivity index is 0.00000392. The van der Waals surface area contributed by atoms with Crippen molar-refractivity contribution in [3.8, 4) is 11.5 Å². The Hall–Kier alpha value is -1.22. The van der Waals surface area contributed by atoms with Gasteiger partial charge in [0.25, 0.3) is 0 Å². The number of rotatable bonds is 10. The van der Waals surface area contributed by atoms with E-state index < -0.39 is 0 Å². The van der Waals surface area contributed by atoms with Crippen molar-refractivity contribution < 1.29 is 9.47 Å². The zero-order chi connectivity index (χ0) is 19.5. The van der Waals surface area contributed by atoms with Gasteiger partial charge >= 0.3 is 0 Å². The van der Waals surface area contributed by atoms with Gasteiger partial charge in [0.05, 0.1) is 20.3 Å². The van der Waals surface area contributed by atoms with Gasteiger partial charge in [-0.3, -0.25) is 4.90 Å². The molecule has 0 spiro atoms. The van der Waals surface area contributed by atoms with Crippen molar-refractivity contribution in [3.05, 3.63) is 23.8 Å². The van der Waals surface area contributed by atoms with E-state index in [1.54, 1.807) is 7.11 Å². The molecule has 0 aliphatic carbocycles. The van der Waals surface area contributed by atoms with Crippen LogP contribution in [0.4, 0.5) is 0 Å². The Morgan fingerprint density at radius 1 is 1.21 bits per heavy atom. The van der Waals surface area contributed by atoms with Crippen LogP contribution in [0.3, 0.4) is 0 Å². The number of halogens is 1. The van der Waals surface area contributed by atoms with Gasteiger partial charge in [0.15, 0.2) is 17.5 Å². The van der Waals surface area contributed by atoms with E-state index in [2.05, 4.69) is 42.4 Å². The maximum atomic E-state index is 5.72. The number of ether oxygens (including phenoxy) is 2. The van der Waals surface area contributed by atoms with Crippen molar-refractivity contribution in [2.24, 2.45) is 4.99 Å². The van der Waals surface area contributed by atoms with Crippen LogP contribution >= 0.6 is 24.0 Å². The minimum atomic E-state index is 0. The first kappa shape index (κ1) is 24.8. The lowest BCUT2D eigenvalue weighted by atomic mass is 10.2. The number of guanidine groups is 1. The third-order valence-corrected chi connectivity index (χ3v) is 4.86. The number of methoxy groups -OCH3 is 1. The Bertz CT molecular complexity index is 598. The number of hydrogen-bond donors (Lipinski definition) is 2. The summed E-state index contributed by atoms with van der Waals surface area (Å²) < 4.78 is 11.2. The van der Waals surface area contributed by atoms with Crippen molar-refractivity contribution in [1.82, 2.24) is 15.5 Å². The molecule has 2 rings (SSSR count). The van der Waals surface area contributed by atoms with Crippen molar-refractivity contribution in [1.29, 1.82) is 0 Å². The molecule has 7 heteroatoms. The van der Waals surface area contributed by atoms with E-state index in [-0.39, 0.29) is 24.0 Å². The van der Waals surface area contributed by atoms with Gasteiger partial charge in [-0.1, -0.05) is 19.9 Å². The van der Waals surface area contributed by atoms with Crippen LogP contribution in [0.15, 0.2) is 23.2 Å². The summed E-state index contributed by atoms with van der Waals surface area (Å²) in [4.78, 5) is 7.28. The number of benzene rings is 1. The summed E-state index contributed by atoms with van der Waals surface area (Å²) in [7, 11) is 1.67. The molecule has 1 aromatic carbocycles. The van der Waals surface area contributed by atoms with E-state index >= 15 is 0 Å². The number of nitrogens with one attached hydrogen (secondary N) is 2. The molecule has 28 heavy (non-hydrogen) atoms. The molecule has 0 amide bonds. The Kier molecular flexibility index (Phi) is 12.3. The van der Waals surface area contributed by atoms with Crippen LogP contribution in [0.1, 0.15) is 45.6 Å². The van der Waals surface area contributed by atoms with Crippen molar-refractivity contribution in [3.63, 3.8) is 0 Å². The molecule has 0 bridgehead atoms. The summed E-state index contributed by atoms with van der Waals surface area (Å²) in [5.41, 5.74) is 1.10. The predicted molar refractivity (Wildman–Crippen MR) is 127 cm³/mol. The van der Waals surface area contributed by atoms with Crippen LogP contribution in [0.2, 0.25) is 0 Å². The van der Waals surface area contributed by atoms with E-state index in [0.717, 1.165) is 49.1 Å². The monoisotopic (exact) mass is 504 g/mol. The summed E-state index contributed by atoms with van der Waals surface area (Å²) >= 11 is 0. The molecule has 1 unspecified atom stereocenters. The molecule has 1 fully saturated rings. The average Bonchev–Trinajstić information content (AvgIpc) is 3.16. The van der Waals surface area contributed by atoms with Crippen molar-refractivity contribution in [2.75, 3.05) is 39.9 Å². The van der Waals surface area contributed by atoms with Gasteiger partial charge in [0.2, 0.25) is 0 Å². The molecule has 1 aliphatic heterocycles. The van der Waals surface area contributed by atoms with E-state index in [0.29, 0.717) is 19.2 Å². The quantitative estimate of drug-likeness (QED) is 0.290. The van der Waals surface area contributed by atoms with E-state index in [4.69, 9.17) is 14.5 Å². The molecule has 160 valence electrons. The second-order valence-corrected chi connectivity index (χ2v) is 6.83. The van der Waals surface area contributed by atoms with E-state index in [1.165, 1.54) is 19.4 Å². The van der Waals surface area contributed by atoms with Gasteiger partial charge in [-0.15, -0.1) is 24.0 Å². The lowest BCUT2D eigenvalue weighted by Crippen LogP contribution is -2.44. The zero-order valence-electron chi connectivity index (χ0n) is 17.8. The highest BCUT2D eigenvalue weighted by Crippen LogP contribution is 2.28. The normalized spacial score (nSPS) is 17.1. The highest BCUT2D eigenvalue weighted by Gasteiger charge is 2.22. The summed E-state index contributed by atoms with van der Waals surface area (Å²) in [5, 5.41) is 6.85. The molecule has 2 N–H and O–H groups in total. The number of likely N-dealkylation sites (tertiary alicyclic amines) is 1. The van der Waals surface area contributed by atoms with Gasteiger partial charge < -0.3 is 20.1 Å². The smallest absolute Gasteiger partial charge is 0.191 e. The third-order valence-electron chi connectivity index (χ3n) is 4.86. The largest absolute Gasteiger partial charge is 0.493 e. The van der Waals surface area contributed by atoms with Crippen LogP contribution < -0.4 is 20.1 Å². The standard InChI is InChI=1S/C21H36N4O2.HI/c1-5-13-27-19-11-10-17(14-20(19)26-4)15-23-21(22-6-2)24-16-18-9-8-12-25(18)7-3;/h10-11,14,18H,5-9,12-13,15-16H2,1-4H3,(H2,22,23,24);1H. The molecular weight excluding hydrogens is 467 g/mol. The Morgan fingerprint density at radius 3 is 2.71 bits per heavy atom. The van der Waals surface area contributed by atoms with Gasteiger partial charge in [-0.25, -0.2) is 4.99 Å². The SMILES string of the molecule is CCCOc1ccc(CN=C(NCC)NCC2CCCN2CC)cc1OC.I. The minimum absolute atomic E-state index is 0. The lowest BCUT2D eigenvalue weighted by molar-refractivity contribution is 0.267. The Morgan fingerprint density at radius 2 is 2.04 bits per heavy atom. The molecule has 1 aliphatic rings. The number of likely N-dealkylation sites (N-methyl/N-ethyl adjacent to an activating group) is 1. The predicted octanol–water partition coefficient (Wildman–Crippen LogP) is 3.64. The first-order valence-electron chi connectivity index (χ1n) is 10.3. The third kappa shape index (κ3) is 7.66. The molecule has 1 aromatic rings. The zero-order valence-corrected chi connectivity index (χ0v) is 20.1. The van der Waals surface area contributed by atoms with Crippen LogP contribution in [0, 0.1) is 0 Å². The second-order valence-electron chi connectivity index (χ2n) is 6.83. The fourth-order valence-electron chi connectivity index (χ4n) is 3.41. The summed E-state index contributed by atoms with van der Waals surface area (Å²) in [6.07, 6.45) is 3.53. The fourth-order valence-corrected chi connectivity index (χ4v) is 3.41. The van der Waals surface area contributed by atoms with E-state index in [1.807, 2.05) is 12.1 Å². The maximum Gasteiger partial charge on any atom is 0.191 e. The van der Waals surface area contributed by atoms with Crippen molar-refractivity contribution >= 4 is 29.9 Å². The number of aliphatic imine (C=N–C) groups is 1. The summed E-state index contributed by atoms with van der Waals surface area (Å²) in [6.45, 7) is 11.8. The van der Waals surface area contributed by atoms with E-state index in [9.17, 15) is 0 Å². The topological polar surface area (TPSA) is 58.1 Å². The van der Waals surface area contributed by atoms with Crippen LogP contribution in [0.25, 0.3) is 0 Å². The Labute approximate surface area is 187 Å². The summed E-state index contributed by atoms with van der Waals surface area (Å²) in [6, 6.07) is 6.63. The average molecular weight is 504 g/mol. The minimum Gasteiger partial charge on any atom is -0.493 e. The first-order valence-corrected chi connectivity index (χ1v) is 10.3. The molecule has 0 radical (unpaired) electrons. The van der Waals surface area contributed by atoms with Gasteiger partial charge in [0, 0.05) is 19.1 Å². The molecule has 0 saturated carbocycles. The molecule has 6 nitrogen and oxygen atoms in total. The highest BCUT2D eigenvalue weighted by atomic mass is 127. The number of nitrogens with zero attached hydrogens (tertiary/aromatic N) is 2. The molecular formula is C21H37IN4O2. The lowest BCUT2D eigenvalue weighted by Gasteiger charge is -2.24. The second kappa shape index (κ2) is 13.9. The number of hydrogen-bond acceptors (Lipinski definition) is 4. The summed E-state index contributed by atoms with van der Waals surface area (Å²) in [5.74, 6) is 2.42. The fraction of sp³-hybridized carbons (Fsp3) is 0.667. The van der Waals surface area contributed by atoms with Gasteiger partial charge in [0.1, 0.15) is 0 Å². The highest BCUT2D eigenvalue weighted by molar-refractivity contribution is 14.0. The van der Waals surface area contributed by atoms with Crippen LogP contribution in [-0.4, -0.2) is 56.8 Å². The molecule has 1 atom stereocenters. The maximum absolute atomic E-state index is 5.72.